The number of rotatable bonds is 8. The van der Waals surface area contributed by atoms with Gasteiger partial charge in [-0.05, 0) is 145 Å². The van der Waals surface area contributed by atoms with E-state index in [2.05, 4.69) is 27.1 Å². The van der Waals surface area contributed by atoms with Crippen LogP contribution in [0.2, 0.25) is 0 Å². The number of aromatic nitrogens is 4. The number of hydrogen-bond acceptors (Lipinski definition) is 2. The number of ether oxygens (including phenoxy) is 1. The Labute approximate surface area is 483 Å². The first-order valence-electron chi connectivity index (χ1n) is 38.6. The maximum atomic E-state index is 10.5. The van der Waals surface area contributed by atoms with Gasteiger partial charge >= 0.3 is 0 Å². The number of benzene rings is 8. The lowest BCUT2D eigenvalue weighted by Gasteiger charge is -2.42. The molecule has 0 saturated carbocycles. The van der Waals surface area contributed by atoms with Crippen molar-refractivity contribution in [1.82, 2.24) is 14.1 Å². The van der Waals surface area contributed by atoms with Gasteiger partial charge in [0.25, 0.3) is 6.33 Å². The van der Waals surface area contributed by atoms with Crippen LogP contribution in [0.3, 0.4) is 0 Å². The van der Waals surface area contributed by atoms with Gasteiger partial charge in [0.15, 0.2) is 0 Å². The van der Waals surface area contributed by atoms with Crippen LogP contribution in [0.5, 0.6) is 11.5 Å². The van der Waals surface area contributed by atoms with Crippen LogP contribution in [0.25, 0.3) is 83.4 Å². The number of pyridine rings is 1. The van der Waals surface area contributed by atoms with E-state index in [1.54, 1.807) is 57.3 Å². The molecule has 11 aromatic rings. The summed E-state index contributed by atoms with van der Waals surface area (Å²) < 4.78 is 278. The topological polar surface area (TPSA) is 35.9 Å². The van der Waals surface area contributed by atoms with Crippen molar-refractivity contribution >= 4 is 32.8 Å². The Hall–Kier alpha value is -8.02. The molecule has 3 aromatic heterocycles. The van der Waals surface area contributed by atoms with Crippen molar-refractivity contribution in [2.24, 2.45) is 0 Å². The highest BCUT2D eigenvalue weighted by Gasteiger charge is 2.37. The Morgan fingerprint density at radius 2 is 1.27 bits per heavy atom. The van der Waals surface area contributed by atoms with Gasteiger partial charge in [0.1, 0.15) is 17.3 Å². The molecule has 5 heteroatoms. The van der Waals surface area contributed by atoms with Gasteiger partial charge in [-0.3, -0.25) is 13.7 Å². The standard InChI is InChI=1S/C70H66N4O/c1-67(2,3)50-34-37-71-65(42-50)74-61-27-18-17-26-55(61)56-31-30-54(44-63(56)74)75-53-25-19-24-52(43-53)72-45-73(62-33-29-48(39-64(62)72)46-20-13-11-14-21-46)66-57(47-22-15-12-16-23-47)40-51(68(4,5)6)41-58(66)49-28-32-59-60(38-49)70(9,10)36-35-69(59,7)8/h11-34,37-44H,35-36H2,1-10H3/i7D3,8D3,9D3,10D3,11D,12D,13D,14D,15D,16D,20D,21D,22D,23D,28D,32D,35D2,36D2,38D. The first kappa shape index (κ1) is 25.5. The van der Waals surface area contributed by atoms with Gasteiger partial charge in [-0.25, -0.2) is 4.98 Å². The van der Waals surface area contributed by atoms with Crippen LogP contribution < -0.4 is 9.30 Å². The van der Waals surface area contributed by atoms with E-state index in [0.29, 0.717) is 11.6 Å². The predicted octanol–water partition coefficient (Wildman–Crippen LogP) is 17.9. The van der Waals surface area contributed by atoms with E-state index in [9.17, 15) is 12.3 Å². The van der Waals surface area contributed by atoms with E-state index in [4.69, 9.17) is 37.1 Å². The number of imidazole rings is 1. The molecule has 1 aliphatic carbocycles. The molecule has 0 radical (unpaired) electrons. The SMILES string of the molecule is [2H]c1c([2H])c([2H])c(-c2ccc3c(c2)n(-c2cccc(Oc4ccc5c6ccccc6n(-c6cc(C(C)(C)C)ccn6)c5c4)c2)[c-][n+]3-c2c(-c3c([2H])c([2H])c([2H])c([2H])c3[2H])cc(C(C)(C)C)cc2-c2c([2H])c([2H])c3c(c2[2H])C(C([2H])([2H])[2H])(C([2H])([2H])[2H])C([2H])([2H])C([2H])([2H])C3(C([2H])([2H])[2H])C([2H])([2H])[2H])c([2H])c1[2H]. The van der Waals surface area contributed by atoms with Crippen molar-refractivity contribution in [1.29, 1.82) is 0 Å². The van der Waals surface area contributed by atoms with Gasteiger partial charge in [0.05, 0.1) is 51.3 Å². The third-order valence-corrected chi connectivity index (χ3v) is 13.5. The molecule has 0 N–H and O–H groups in total. The molecule has 1 aliphatic rings. The second-order valence-electron chi connectivity index (χ2n) is 20.7. The number of hydrogen-bond donors (Lipinski definition) is 0. The monoisotopic (exact) mass is 1010 g/mol. The summed E-state index contributed by atoms with van der Waals surface area (Å²) in [5.74, 6) is 1.17. The number of fused-ring (bicyclic) bond motifs is 5. The average molecular weight is 1010 g/mol. The molecule has 0 amide bonds. The minimum atomic E-state index is -4.71. The average Bonchev–Trinajstić information content (AvgIpc) is 0.791. The summed E-state index contributed by atoms with van der Waals surface area (Å²) >= 11 is 0. The second-order valence-corrected chi connectivity index (χ2v) is 20.7. The first-order valence-corrected chi connectivity index (χ1v) is 24.1. The Bertz CT molecular complexity index is 5360. The fraction of sp³-hybridized carbons (Fsp3) is 0.229. The van der Waals surface area contributed by atoms with E-state index in [1.807, 2.05) is 53.1 Å². The zero-order valence-corrected chi connectivity index (χ0v) is 41.7. The van der Waals surface area contributed by atoms with Gasteiger partial charge in [-0.15, -0.1) is 0 Å². The van der Waals surface area contributed by atoms with Gasteiger partial charge in [-0.1, -0.05) is 196 Å². The van der Waals surface area contributed by atoms with Crippen molar-refractivity contribution in [3.05, 3.63) is 223 Å². The lowest BCUT2D eigenvalue weighted by molar-refractivity contribution is -0.571. The maximum absolute atomic E-state index is 10.5. The molecule has 0 saturated heterocycles. The van der Waals surface area contributed by atoms with Crippen LogP contribution in [0.1, 0.15) is 144 Å². The van der Waals surface area contributed by atoms with Crippen molar-refractivity contribution in [3.8, 4) is 62.1 Å². The van der Waals surface area contributed by atoms with Crippen LogP contribution in [0.15, 0.2) is 194 Å². The summed E-state index contributed by atoms with van der Waals surface area (Å²) in [6.45, 7) is -6.43. The van der Waals surface area contributed by atoms with E-state index < -0.39 is 168 Å². The summed E-state index contributed by atoms with van der Waals surface area (Å²) in [5, 5.41) is 1.80. The molecule has 75 heavy (non-hydrogen) atoms. The fourth-order valence-electron chi connectivity index (χ4n) is 9.60. The van der Waals surface area contributed by atoms with Gasteiger partial charge in [0, 0.05) is 45.0 Å². The van der Waals surface area contributed by atoms with Crippen LogP contribution >= 0.6 is 0 Å². The molecule has 0 spiro atoms. The third kappa shape index (κ3) is 8.62. The Balaban J connectivity index is 1.24. The quantitative estimate of drug-likeness (QED) is 0.112. The van der Waals surface area contributed by atoms with Crippen molar-refractivity contribution in [2.45, 2.75) is 103 Å². The largest absolute Gasteiger partial charge is 0.458 e. The molecule has 0 atom stereocenters. The smallest absolute Gasteiger partial charge is 0.269 e. The molecular weight excluding hydrogens is 913 g/mol. The highest BCUT2D eigenvalue weighted by molar-refractivity contribution is 6.09. The van der Waals surface area contributed by atoms with E-state index in [1.165, 1.54) is 39.5 Å². The molecule has 0 bridgehead atoms. The summed E-state index contributed by atoms with van der Waals surface area (Å²) in [7, 11) is 0. The summed E-state index contributed by atoms with van der Waals surface area (Å²) in [5.41, 5.74) is -14.5. The summed E-state index contributed by atoms with van der Waals surface area (Å²) in [6.07, 6.45) is -4.37. The van der Waals surface area contributed by atoms with Crippen LogP contribution in [0, 0.1) is 6.33 Å². The van der Waals surface area contributed by atoms with E-state index >= 15 is 0 Å². The third-order valence-electron chi connectivity index (χ3n) is 13.5. The molecule has 8 aromatic carbocycles. The molecule has 3 heterocycles. The number of para-hydroxylation sites is 1. The number of nitrogens with zero attached hydrogens (tertiary/aromatic N) is 4. The predicted molar refractivity (Wildman–Crippen MR) is 311 cm³/mol. The Kier molecular flexibility index (Phi) is 6.06. The zero-order valence-electron chi connectivity index (χ0n) is 70.7. The maximum Gasteiger partial charge on any atom is 0.269 e. The molecule has 372 valence electrons. The zero-order chi connectivity index (χ0) is 76.9. The Morgan fingerprint density at radius 3 is 2.00 bits per heavy atom. The first-order chi connectivity index (χ1) is 47.9. The second kappa shape index (κ2) is 17.8. The van der Waals surface area contributed by atoms with Crippen molar-refractivity contribution < 1.29 is 49.1 Å². The fourth-order valence-corrected chi connectivity index (χ4v) is 9.60. The highest BCUT2D eigenvalue weighted by atomic mass is 16.5. The molecule has 0 aliphatic heterocycles. The lowest BCUT2D eigenvalue weighted by Crippen LogP contribution is -2.34. The molecule has 5 nitrogen and oxygen atoms in total. The molecule has 0 fully saturated rings. The minimum Gasteiger partial charge on any atom is -0.458 e. The molecular formula is C70H66N4O. The van der Waals surface area contributed by atoms with Gasteiger partial charge in [-0.2, -0.15) is 0 Å². The summed E-state index contributed by atoms with van der Waals surface area (Å²) in [4.78, 5) is 4.81. The van der Waals surface area contributed by atoms with E-state index in [-0.39, 0.29) is 50.1 Å². The molecule has 12 rings (SSSR count). The highest BCUT2D eigenvalue weighted by Crippen LogP contribution is 2.48. The van der Waals surface area contributed by atoms with Gasteiger partial charge < -0.3 is 4.74 Å². The lowest BCUT2D eigenvalue weighted by atomic mass is 9.63. The molecule has 0 unspecified atom stereocenters. The normalized spacial score (nSPS) is 22.0. The van der Waals surface area contributed by atoms with Crippen LogP contribution in [0.4, 0.5) is 0 Å². The van der Waals surface area contributed by atoms with Crippen molar-refractivity contribution in [3.63, 3.8) is 0 Å². The minimum absolute atomic E-state index is 0.00407. The van der Waals surface area contributed by atoms with Crippen molar-refractivity contribution in [2.75, 3.05) is 0 Å². The van der Waals surface area contributed by atoms with E-state index in [0.717, 1.165) is 27.4 Å². The van der Waals surface area contributed by atoms with Crippen LogP contribution in [-0.2, 0) is 21.7 Å². The van der Waals surface area contributed by atoms with Crippen LogP contribution in [-0.4, -0.2) is 14.1 Å². The Morgan fingerprint density at radius 1 is 0.587 bits per heavy atom. The van der Waals surface area contributed by atoms with Gasteiger partial charge in [0.2, 0.25) is 0 Å². The summed E-state index contributed by atoms with van der Waals surface area (Å²) in [6, 6.07) is 18.2.